The molecule has 0 radical (unpaired) electrons. The van der Waals surface area contributed by atoms with Gasteiger partial charge in [-0.25, -0.2) is 4.79 Å². The lowest BCUT2D eigenvalue weighted by Crippen LogP contribution is -2.00. The molecule has 0 unspecified atom stereocenters. The van der Waals surface area contributed by atoms with E-state index >= 15 is 0 Å². The van der Waals surface area contributed by atoms with E-state index in [0.717, 1.165) is 35.4 Å². The molecule has 0 bridgehead atoms. The summed E-state index contributed by atoms with van der Waals surface area (Å²) in [4.78, 5) is 11.1. The number of carbonyl (C=O) groups is 1. The number of carboxylic acid groups (broad SMARTS) is 1. The summed E-state index contributed by atoms with van der Waals surface area (Å²) in [6, 6.07) is 5.48. The van der Waals surface area contributed by atoms with Crippen LogP contribution < -0.4 is 9.47 Å². The van der Waals surface area contributed by atoms with Crippen molar-refractivity contribution in [1.29, 1.82) is 0 Å². The Morgan fingerprint density at radius 1 is 1.27 bits per heavy atom. The zero-order chi connectivity index (χ0) is 15.7. The Morgan fingerprint density at radius 2 is 1.95 bits per heavy atom. The molecule has 0 amide bonds. The summed E-state index contributed by atoms with van der Waals surface area (Å²) in [6.07, 6.45) is 1.65. The van der Waals surface area contributed by atoms with E-state index in [0.29, 0.717) is 19.0 Å². The molecule has 6 nitrogen and oxygen atoms in total. The van der Waals surface area contributed by atoms with Gasteiger partial charge < -0.3 is 14.6 Å². The second kappa shape index (κ2) is 5.71. The highest BCUT2D eigenvalue weighted by Gasteiger charge is 2.19. The molecule has 116 valence electrons. The van der Waals surface area contributed by atoms with Gasteiger partial charge in [0.25, 0.3) is 0 Å². The molecular weight excluding hydrogens is 284 g/mol. The first-order chi connectivity index (χ1) is 10.6. The number of fused-ring (bicyclic) bond motifs is 1. The predicted molar refractivity (Wildman–Crippen MR) is 80.6 cm³/mol. The summed E-state index contributed by atoms with van der Waals surface area (Å²) >= 11 is 0. The van der Waals surface area contributed by atoms with E-state index in [9.17, 15) is 4.79 Å². The lowest BCUT2D eigenvalue weighted by Gasteiger charge is -2.14. The van der Waals surface area contributed by atoms with Gasteiger partial charge in [0.1, 0.15) is 0 Å². The summed E-state index contributed by atoms with van der Waals surface area (Å²) in [7, 11) is 1.74. The largest absolute Gasteiger partial charge is 0.490 e. The maximum atomic E-state index is 11.1. The van der Waals surface area contributed by atoms with Crippen molar-refractivity contribution in [2.75, 3.05) is 13.2 Å². The highest BCUT2D eigenvalue weighted by molar-refractivity contribution is 5.87. The number of hydrogen-bond donors (Lipinski definition) is 1. The molecule has 0 saturated heterocycles. The van der Waals surface area contributed by atoms with E-state index < -0.39 is 5.97 Å². The highest BCUT2D eigenvalue weighted by Crippen LogP contribution is 2.37. The van der Waals surface area contributed by atoms with Crippen molar-refractivity contribution in [3.05, 3.63) is 29.5 Å². The lowest BCUT2D eigenvalue weighted by molar-refractivity contribution is 0.0689. The Labute approximate surface area is 128 Å². The van der Waals surface area contributed by atoms with Crippen LogP contribution in [0.4, 0.5) is 0 Å². The Kier molecular flexibility index (Phi) is 3.75. The van der Waals surface area contributed by atoms with Gasteiger partial charge >= 0.3 is 5.97 Å². The minimum absolute atomic E-state index is 0.0339. The van der Waals surface area contributed by atoms with Gasteiger partial charge in [-0.15, -0.1) is 0 Å². The van der Waals surface area contributed by atoms with Crippen LogP contribution in [0.5, 0.6) is 11.5 Å². The topological polar surface area (TPSA) is 73.6 Å². The molecule has 6 heteroatoms. The van der Waals surface area contributed by atoms with E-state index in [4.69, 9.17) is 14.6 Å². The van der Waals surface area contributed by atoms with Crippen molar-refractivity contribution in [2.45, 2.75) is 19.8 Å². The van der Waals surface area contributed by atoms with E-state index in [2.05, 4.69) is 12.0 Å². The van der Waals surface area contributed by atoms with Crippen LogP contribution in [-0.4, -0.2) is 34.1 Å². The van der Waals surface area contributed by atoms with Crippen molar-refractivity contribution in [1.82, 2.24) is 9.78 Å². The molecule has 0 aliphatic carbocycles. The van der Waals surface area contributed by atoms with Gasteiger partial charge in [0.15, 0.2) is 17.2 Å². The third-order valence-electron chi connectivity index (χ3n) is 3.73. The number of aryl methyl sites for hydroxylation is 2. The second-order valence-electron chi connectivity index (χ2n) is 5.20. The van der Waals surface area contributed by atoms with Gasteiger partial charge in [-0.2, -0.15) is 5.10 Å². The fourth-order valence-electron chi connectivity index (χ4n) is 2.61. The molecule has 1 aromatic carbocycles. The number of hydrogen-bond acceptors (Lipinski definition) is 4. The van der Waals surface area contributed by atoms with Gasteiger partial charge in [-0.3, -0.25) is 4.68 Å². The molecule has 1 aliphatic rings. The van der Waals surface area contributed by atoms with Gasteiger partial charge in [-0.05, 0) is 30.2 Å². The SMILES string of the molecule is CCc1cc2c(cc1-c1cc(C(=O)O)nn1C)OCCCO2. The van der Waals surface area contributed by atoms with Crippen LogP contribution >= 0.6 is 0 Å². The predicted octanol–water partition coefficient (Wildman–Crippen LogP) is 2.51. The molecule has 1 aromatic heterocycles. The molecule has 0 atom stereocenters. The Hall–Kier alpha value is -2.50. The minimum Gasteiger partial charge on any atom is -0.490 e. The van der Waals surface area contributed by atoms with E-state index in [1.54, 1.807) is 17.8 Å². The number of aromatic carboxylic acids is 1. The number of nitrogens with zero attached hydrogens (tertiary/aromatic N) is 2. The summed E-state index contributed by atoms with van der Waals surface area (Å²) < 4.78 is 13.0. The standard InChI is InChI=1S/C16H18N2O4/c1-3-10-7-14-15(22-6-4-5-21-14)8-11(10)13-9-12(16(19)20)17-18(13)2/h7-9H,3-6H2,1-2H3,(H,19,20). The normalized spacial score (nSPS) is 13.7. The first-order valence-corrected chi connectivity index (χ1v) is 7.30. The van der Waals surface area contributed by atoms with Crippen molar-refractivity contribution in [2.24, 2.45) is 7.05 Å². The molecule has 2 aromatic rings. The van der Waals surface area contributed by atoms with Crippen LogP contribution in [0.2, 0.25) is 0 Å². The maximum Gasteiger partial charge on any atom is 0.356 e. The molecule has 0 saturated carbocycles. The highest BCUT2D eigenvalue weighted by atomic mass is 16.5. The van der Waals surface area contributed by atoms with E-state index in [1.165, 1.54) is 0 Å². The molecule has 1 aliphatic heterocycles. The second-order valence-corrected chi connectivity index (χ2v) is 5.20. The fraction of sp³-hybridized carbons (Fsp3) is 0.375. The zero-order valence-corrected chi connectivity index (χ0v) is 12.6. The first-order valence-electron chi connectivity index (χ1n) is 7.30. The van der Waals surface area contributed by atoms with Crippen molar-refractivity contribution >= 4 is 5.97 Å². The average molecular weight is 302 g/mol. The lowest BCUT2D eigenvalue weighted by atomic mass is 10.0. The molecule has 0 fully saturated rings. The third-order valence-corrected chi connectivity index (χ3v) is 3.73. The Bertz CT molecular complexity index is 721. The minimum atomic E-state index is -1.03. The molecule has 22 heavy (non-hydrogen) atoms. The van der Waals surface area contributed by atoms with Crippen LogP contribution in [0.25, 0.3) is 11.3 Å². The summed E-state index contributed by atoms with van der Waals surface area (Å²) in [5, 5.41) is 13.1. The van der Waals surface area contributed by atoms with Gasteiger partial charge in [0.05, 0.1) is 18.9 Å². The first kappa shape index (κ1) is 14.4. The van der Waals surface area contributed by atoms with Crippen molar-refractivity contribution in [3.63, 3.8) is 0 Å². The van der Waals surface area contributed by atoms with Crippen LogP contribution in [-0.2, 0) is 13.5 Å². The van der Waals surface area contributed by atoms with Gasteiger partial charge in [0.2, 0.25) is 0 Å². The monoisotopic (exact) mass is 302 g/mol. The van der Waals surface area contributed by atoms with Crippen molar-refractivity contribution < 1.29 is 19.4 Å². The smallest absolute Gasteiger partial charge is 0.356 e. The summed E-state index contributed by atoms with van der Waals surface area (Å²) in [5.41, 5.74) is 2.79. The maximum absolute atomic E-state index is 11.1. The number of carboxylic acids is 1. The quantitative estimate of drug-likeness (QED) is 0.943. The molecule has 2 heterocycles. The Morgan fingerprint density at radius 3 is 2.55 bits per heavy atom. The van der Waals surface area contributed by atoms with Crippen LogP contribution in [0.3, 0.4) is 0 Å². The van der Waals surface area contributed by atoms with Crippen molar-refractivity contribution in [3.8, 4) is 22.8 Å². The molecule has 3 rings (SSSR count). The van der Waals surface area contributed by atoms with Gasteiger partial charge in [0, 0.05) is 19.0 Å². The third kappa shape index (κ3) is 2.52. The number of benzene rings is 1. The van der Waals surface area contributed by atoms with Crippen LogP contribution in [0.15, 0.2) is 18.2 Å². The van der Waals surface area contributed by atoms with E-state index in [-0.39, 0.29) is 5.69 Å². The summed E-state index contributed by atoms with van der Waals surface area (Å²) in [6.45, 7) is 3.31. The van der Waals surface area contributed by atoms with Crippen LogP contribution in [0.1, 0.15) is 29.4 Å². The van der Waals surface area contributed by atoms with Gasteiger partial charge in [-0.1, -0.05) is 6.92 Å². The summed E-state index contributed by atoms with van der Waals surface area (Å²) in [5.74, 6) is 0.413. The van der Waals surface area contributed by atoms with E-state index in [1.807, 2.05) is 12.1 Å². The molecule has 0 spiro atoms. The fourth-order valence-corrected chi connectivity index (χ4v) is 2.61. The number of aromatic nitrogens is 2. The van der Waals surface area contributed by atoms with Crippen LogP contribution in [0, 0.1) is 0 Å². The molecular formula is C16H18N2O4. The molecule has 1 N–H and O–H groups in total. The number of ether oxygens (including phenoxy) is 2. The Balaban J connectivity index is 2.13. The zero-order valence-electron chi connectivity index (χ0n) is 12.6. The number of rotatable bonds is 3. The average Bonchev–Trinajstić information content (AvgIpc) is 2.75.